The van der Waals surface area contributed by atoms with Gasteiger partial charge in [-0.15, -0.1) is 0 Å². The molecule has 0 spiro atoms. The number of benzene rings is 14. The van der Waals surface area contributed by atoms with Crippen LogP contribution in [0.25, 0.3) is 98.0 Å². The highest BCUT2D eigenvalue weighted by Crippen LogP contribution is 2.57. The number of hydrogen-bond donors (Lipinski definition) is 2. The van der Waals surface area contributed by atoms with E-state index in [1.54, 1.807) is 0 Å². The summed E-state index contributed by atoms with van der Waals surface area (Å²) in [6.45, 7) is 1.43. The maximum absolute atomic E-state index is 9.77. The van der Waals surface area contributed by atoms with Gasteiger partial charge in [0.05, 0.1) is 18.6 Å². The lowest BCUT2D eigenvalue weighted by molar-refractivity contribution is 0.202. The molecule has 1 aliphatic rings. The number of aliphatic hydroxyl groups excluding tert-OH is 2. The van der Waals surface area contributed by atoms with Crippen LogP contribution in [0.1, 0.15) is 22.3 Å². The minimum absolute atomic E-state index is 0.0932. The van der Waals surface area contributed by atoms with Gasteiger partial charge in [0, 0.05) is 22.3 Å². The third kappa shape index (κ3) is 10.0. The van der Waals surface area contributed by atoms with E-state index in [4.69, 9.17) is 28.4 Å². The van der Waals surface area contributed by atoms with Crippen LogP contribution >= 0.6 is 0 Å². The van der Waals surface area contributed by atoms with Crippen LogP contribution in [-0.4, -0.2) is 63.1 Å². The second kappa shape index (κ2) is 23.9. The summed E-state index contributed by atoms with van der Waals surface area (Å²) in [5.41, 5.74) is 10.4. The molecule has 434 valence electrons. The van der Waals surface area contributed by atoms with Crippen LogP contribution in [0.15, 0.2) is 267 Å². The normalized spacial score (nSPS) is 12.4. The highest BCUT2D eigenvalue weighted by molar-refractivity contribution is 6.11. The molecule has 0 atom stereocenters. The zero-order chi connectivity index (χ0) is 59.7. The predicted molar refractivity (Wildman–Crippen MR) is 360 cm³/mol. The zero-order valence-electron chi connectivity index (χ0n) is 48.9. The first kappa shape index (κ1) is 55.0. The Kier molecular flexibility index (Phi) is 14.8. The van der Waals surface area contributed by atoms with E-state index in [-0.39, 0.29) is 26.4 Å². The molecule has 0 bridgehead atoms. The van der Waals surface area contributed by atoms with Crippen molar-refractivity contribution in [3.63, 3.8) is 0 Å². The van der Waals surface area contributed by atoms with Gasteiger partial charge in [0.2, 0.25) is 0 Å². The molecule has 0 unspecified atom stereocenters. The van der Waals surface area contributed by atoms with Gasteiger partial charge in [-0.05, 0) is 159 Å². The van der Waals surface area contributed by atoms with Gasteiger partial charge in [0.15, 0.2) is 0 Å². The molecule has 2 N–H and O–H groups in total. The van der Waals surface area contributed by atoms with E-state index in [0.29, 0.717) is 37.9 Å². The largest absolute Gasteiger partial charge is 0.491 e. The lowest BCUT2D eigenvalue weighted by Gasteiger charge is -2.34. The van der Waals surface area contributed by atoms with E-state index in [2.05, 4.69) is 194 Å². The van der Waals surface area contributed by atoms with E-state index in [9.17, 15) is 10.2 Å². The van der Waals surface area contributed by atoms with E-state index in [1.165, 1.54) is 33.4 Å². The van der Waals surface area contributed by atoms with Gasteiger partial charge >= 0.3 is 0 Å². The van der Waals surface area contributed by atoms with E-state index in [1.807, 2.05) is 72.8 Å². The van der Waals surface area contributed by atoms with Crippen molar-refractivity contribution in [2.75, 3.05) is 52.9 Å². The minimum atomic E-state index is -0.618. The van der Waals surface area contributed by atoms with Gasteiger partial charge < -0.3 is 38.6 Å². The van der Waals surface area contributed by atoms with E-state index >= 15 is 0 Å². The molecule has 89 heavy (non-hydrogen) atoms. The second-order valence-electron chi connectivity index (χ2n) is 22.5. The minimum Gasteiger partial charge on any atom is -0.491 e. The second-order valence-corrected chi connectivity index (χ2v) is 22.5. The van der Waals surface area contributed by atoms with Crippen molar-refractivity contribution >= 4 is 64.6 Å². The molecule has 8 heteroatoms. The standard InChI is InChI=1S/C81H62O8/c82-41-43-86-73-37-29-53-13-1-5-17-65(53)77(73)79-67-19-7-3-15-55(67)31-39-75(79)88-47-45-84-63-35-27-57-49-61(33-25-59(57)51-63)81(71-23-11-9-21-69(71)70-22-10-12-24-72(70)81)62-34-26-60-52-64(36-28-58(60)50-62)85-46-48-89-76-40-32-56-16-4-8-20-68(56)80(76)78-66-18-6-2-14-54(66)30-38-74(78)87-44-42-83/h1-40,49-52,82-83H,41-48H2. The van der Waals surface area contributed by atoms with Gasteiger partial charge in [-0.2, -0.15) is 0 Å². The molecular weight excluding hydrogens is 1100 g/mol. The molecule has 0 saturated heterocycles. The molecule has 1 aliphatic carbocycles. The lowest BCUT2D eigenvalue weighted by atomic mass is 9.67. The molecule has 15 rings (SSSR count). The van der Waals surface area contributed by atoms with Crippen molar-refractivity contribution in [2.45, 2.75) is 5.41 Å². The lowest BCUT2D eigenvalue weighted by Crippen LogP contribution is -2.28. The molecule has 0 radical (unpaired) electrons. The Hall–Kier alpha value is -10.6. The summed E-state index contributed by atoms with van der Waals surface area (Å²) in [5, 5.41) is 32.4. The van der Waals surface area contributed by atoms with Crippen molar-refractivity contribution in [1.29, 1.82) is 0 Å². The van der Waals surface area contributed by atoms with Crippen LogP contribution in [0.2, 0.25) is 0 Å². The molecule has 14 aromatic rings. The highest BCUT2D eigenvalue weighted by Gasteiger charge is 2.46. The van der Waals surface area contributed by atoms with Crippen LogP contribution in [0.4, 0.5) is 0 Å². The summed E-state index contributed by atoms with van der Waals surface area (Å²) in [4.78, 5) is 0. The fourth-order valence-electron chi connectivity index (χ4n) is 13.6. The Morgan fingerprint density at radius 2 is 0.539 bits per heavy atom. The van der Waals surface area contributed by atoms with Crippen molar-refractivity contribution in [2.24, 2.45) is 0 Å². The quantitative estimate of drug-likeness (QED) is 0.0729. The maximum atomic E-state index is 9.77. The maximum Gasteiger partial charge on any atom is 0.128 e. The Balaban J connectivity index is 0.691. The summed E-state index contributed by atoms with van der Waals surface area (Å²) >= 11 is 0. The van der Waals surface area contributed by atoms with E-state index < -0.39 is 5.41 Å². The molecule has 8 nitrogen and oxygen atoms in total. The van der Waals surface area contributed by atoms with Gasteiger partial charge in [0.1, 0.15) is 74.1 Å². The first-order valence-electron chi connectivity index (χ1n) is 30.4. The van der Waals surface area contributed by atoms with Crippen LogP contribution in [-0.2, 0) is 5.41 Å². The molecular formula is C81H62O8. The molecule has 0 fully saturated rings. The SMILES string of the molecule is OCCOc1ccc2ccccc2c1-c1c(OCCOc2ccc3cc(C4(c5ccc6cc(OCCOc7ccc8ccccc8c7-c7c(OCCO)ccc8ccccc78)ccc6c5)c5ccccc5-c5ccccc54)ccc3c2)ccc2ccccc12. The van der Waals surface area contributed by atoms with Crippen LogP contribution in [0, 0.1) is 0 Å². The van der Waals surface area contributed by atoms with Crippen LogP contribution in [0.5, 0.6) is 34.5 Å². The smallest absolute Gasteiger partial charge is 0.128 e. The Labute approximate surface area is 515 Å². The Morgan fingerprint density at radius 1 is 0.247 bits per heavy atom. The summed E-state index contributed by atoms with van der Waals surface area (Å²) in [6, 6.07) is 93.6. The average molecular weight is 1160 g/mol. The number of rotatable bonds is 20. The van der Waals surface area contributed by atoms with Gasteiger partial charge in [0.25, 0.3) is 0 Å². The molecule has 0 heterocycles. The number of aliphatic hydroxyl groups is 2. The van der Waals surface area contributed by atoms with Gasteiger partial charge in [-0.3, -0.25) is 0 Å². The number of ether oxygens (including phenoxy) is 6. The predicted octanol–water partition coefficient (Wildman–Crippen LogP) is 18.0. The first-order valence-corrected chi connectivity index (χ1v) is 30.4. The Bertz CT molecular complexity index is 4680. The molecule has 0 aromatic heterocycles. The first-order chi connectivity index (χ1) is 44.0. The molecule has 0 aliphatic heterocycles. The van der Waals surface area contributed by atoms with Gasteiger partial charge in [-0.25, -0.2) is 0 Å². The Morgan fingerprint density at radius 3 is 0.910 bits per heavy atom. The molecule has 0 saturated carbocycles. The fraction of sp³-hybridized carbons (Fsp3) is 0.111. The van der Waals surface area contributed by atoms with Crippen molar-refractivity contribution < 1.29 is 38.6 Å². The van der Waals surface area contributed by atoms with E-state index in [0.717, 1.165) is 110 Å². The molecule has 14 aromatic carbocycles. The molecule has 0 amide bonds. The summed E-state index contributed by atoms with van der Waals surface area (Å²) < 4.78 is 38.7. The number of fused-ring (bicyclic) bond motifs is 9. The third-order valence-electron chi connectivity index (χ3n) is 17.4. The van der Waals surface area contributed by atoms with Crippen molar-refractivity contribution in [1.82, 2.24) is 0 Å². The monoisotopic (exact) mass is 1160 g/mol. The summed E-state index contributed by atoms with van der Waals surface area (Å²) in [6.07, 6.45) is 0. The van der Waals surface area contributed by atoms with Crippen molar-refractivity contribution in [3.8, 4) is 67.9 Å². The number of hydrogen-bond acceptors (Lipinski definition) is 8. The van der Waals surface area contributed by atoms with Crippen LogP contribution in [0.3, 0.4) is 0 Å². The topological polar surface area (TPSA) is 95.8 Å². The fourth-order valence-corrected chi connectivity index (χ4v) is 13.6. The highest BCUT2D eigenvalue weighted by atomic mass is 16.5. The average Bonchev–Trinajstić information content (AvgIpc) is 1.58. The van der Waals surface area contributed by atoms with Gasteiger partial charge in [-0.1, -0.05) is 206 Å². The zero-order valence-corrected chi connectivity index (χ0v) is 48.9. The van der Waals surface area contributed by atoms with Crippen molar-refractivity contribution in [3.05, 3.63) is 289 Å². The summed E-state index contributed by atoms with van der Waals surface area (Å²) in [7, 11) is 0. The summed E-state index contributed by atoms with van der Waals surface area (Å²) in [5.74, 6) is 4.34. The van der Waals surface area contributed by atoms with Crippen LogP contribution < -0.4 is 28.4 Å². The third-order valence-corrected chi connectivity index (χ3v) is 17.4.